The topological polar surface area (TPSA) is 296 Å². The Bertz CT molecular complexity index is 2210. The smallest absolute Gasteiger partial charge is 0.175 e. The van der Waals surface area contributed by atoms with Crippen molar-refractivity contribution in [2.75, 3.05) is 5.73 Å². The number of aromatic amines is 4. The van der Waals surface area contributed by atoms with Crippen LogP contribution in [0, 0.1) is 41.5 Å². The van der Waals surface area contributed by atoms with Gasteiger partial charge < -0.3 is 11.5 Å². The molecule has 0 saturated heterocycles. The minimum atomic E-state index is 0.413. The Morgan fingerprint density at radius 3 is 1.29 bits per heavy atom. The summed E-state index contributed by atoms with van der Waals surface area (Å²) >= 11 is 0. The summed E-state index contributed by atoms with van der Waals surface area (Å²) < 4.78 is 0. The van der Waals surface area contributed by atoms with Crippen LogP contribution in [0.25, 0.3) is 0 Å². The van der Waals surface area contributed by atoms with E-state index in [9.17, 15) is 0 Å². The molecule has 21 heteroatoms. The molecule has 58 heavy (non-hydrogen) atoms. The van der Waals surface area contributed by atoms with Gasteiger partial charge in [0.15, 0.2) is 17.5 Å². The van der Waals surface area contributed by atoms with Crippen LogP contribution in [0.4, 0.5) is 23.3 Å². The minimum absolute atomic E-state index is 0.413. The molecule has 0 amide bonds. The zero-order valence-corrected chi connectivity index (χ0v) is 35.3. The molecule has 21 nitrogen and oxygen atoms in total. The van der Waals surface area contributed by atoms with E-state index in [0.717, 1.165) is 70.0 Å². The number of nitrogens with two attached hydrogens (primary N) is 2. The van der Waals surface area contributed by atoms with E-state index in [1.807, 2.05) is 86.9 Å². The number of nitrogens with zero attached hydrogens (tertiary/aromatic N) is 13. The number of rotatable bonds is 3. The zero-order chi connectivity index (χ0) is 42.9. The lowest BCUT2D eigenvalue weighted by atomic mass is 10.2. The molecule has 0 radical (unpaired) electrons. The molecule has 0 unspecified atom stereocenters. The summed E-state index contributed by atoms with van der Waals surface area (Å²) in [7, 11) is 0. The molecular formula is C37H56N20O. The second kappa shape index (κ2) is 21.9. The number of amidine groups is 2. The molecule has 8 heterocycles. The van der Waals surface area contributed by atoms with Gasteiger partial charge >= 0.3 is 0 Å². The molecule has 2 aliphatic rings. The van der Waals surface area contributed by atoms with Gasteiger partial charge in [0.25, 0.3) is 0 Å². The highest BCUT2D eigenvalue weighted by Crippen LogP contribution is 2.13. The SMILES string of the molecule is CC(=Nc1cc(C)[nH]n1)NO.CC(C)=Nc1cc(C)[nH]n1.CC(N)=Nc1cc(C)[nH]n1.CC1=Nn2nc(C)cc2C1.CC1=Nn2nc(C)cc2C1.Cc1cc(N)n[nH]1. The summed E-state index contributed by atoms with van der Waals surface area (Å²) in [6, 6.07) is 11.4. The van der Waals surface area contributed by atoms with Gasteiger partial charge in [-0.3, -0.25) is 31.1 Å². The maximum atomic E-state index is 8.38. The number of nitrogen functional groups attached to an aromatic ring is 1. The molecule has 0 saturated carbocycles. The number of aliphatic imine (C=N–C) groups is 3. The third-order valence-electron chi connectivity index (χ3n) is 7.05. The summed E-state index contributed by atoms with van der Waals surface area (Å²) in [5.41, 5.74) is 24.3. The Morgan fingerprint density at radius 2 is 1.00 bits per heavy atom. The molecule has 2 aliphatic heterocycles. The molecule has 0 spiro atoms. The Morgan fingerprint density at radius 1 is 0.603 bits per heavy atom. The van der Waals surface area contributed by atoms with E-state index >= 15 is 0 Å². The number of fused-ring (bicyclic) bond motifs is 2. The summed E-state index contributed by atoms with van der Waals surface area (Å²) in [6.45, 7) is 22.9. The van der Waals surface area contributed by atoms with Gasteiger partial charge in [0, 0.05) is 77.0 Å². The normalized spacial score (nSPS) is 12.3. The van der Waals surface area contributed by atoms with Crippen molar-refractivity contribution in [1.29, 1.82) is 0 Å². The van der Waals surface area contributed by atoms with E-state index in [1.54, 1.807) is 35.6 Å². The summed E-state index contributed by atoms with van der Waals surface area (Å²) in [5, 5.41) is 51.4. The summed E-state index contributed by atoms with van der Waals surface area (Å²) in [6.07, 6.45) is 1.92. The molecule has 0 bridgehead atoms. The number of hydrogen-bond acceptors (Lipinski definition) is 13. The van der Waals surface area contributed by atoms with Crippen molar-refractivity contribution in [3.63, 3.8) is 0 Å². The minimum Gasteiger partial charge on any atom is -0.387 e. The molecule has 310 valence electrons. The third-order valence-corrected chi connectivity index (χ3v) is 7.05. The van der Waals surface area contributed by atoms with Crippen LogP contribution in [-0.2, 0) is 12.8 Å². The lowest BCUT2D eigenvalue weighted by molar-refractivity contribution is 0.234. The molecule has 6 aromatic heterocycles. The number of H-pyrrole nitrogens is 4. The van der Waals surface area contributed by atoms with Gasteiger partial charge in [-0.2, -0.15) is 50.4 Å². The number of hydrogen-bond donors (Lipinski definition) is 8. The fraction of sp³-hybridized carbons (Fsp3) is 0.378. The summed E-state index contributed by atoms with van der Waals surface area (Å²) in [4.78, 5) is 15.4. The highest BCUT2D eigenvalue weighted by Gasteiger charge is 2.13. The van der Waals surface area contributed by atoms with Gasteiger partial charge in [-0.15, -0.1) is 0 Å². The summed E-state index contributed by atoms with van der Waals surface area (Å²) in [5.74, 6) is 3.44. The van der Waals surface area contributed by atoms with Crippen LogP contribution in [0.5, 0.6) is 0 Å². The van der Waals surface area contributed by atoms with Crippen molar-refractivity contribution in [3.8, 4) is 0 Å². The molecule has 0 aliphatic carbocycles. The Balaban J connectivity index is 0.000000187. The van der Waals surface area contributed by atoms with Crippen molar-refractivity contribution in [3.05, 3.63) is 81.9 Å². The second-order valence-electron chi connectivity index (χ2n) is 13.7. The lowest BCUT2D eigenvalue weighted by Crippen LogP contribution is -2.13. The quantitative estimate of drug-likeness (QED) is 0.0627. The van der Waals surface area contributed by atoms with Crippen LogP contribution in [0.2, 0.25) is 0 Å². The first-order valence-electron chi connectivity index (χ1n) is 18.2. The van der Waals surface area contributed by atoms with Crippen LogP contribution in [-0.4, -0.2) is 94.6 Å². The van der Waals surface area contributed by atoms with Crippen molar-refractivity contribution >= 4 is 52.1 Å². The number of anilines is 1. The first-order chi connectivity index (χ1) is 27.4. The van der Waals surface area contributed by atoms with E-state index in [-0.39, 0.29) is 0 Å². The first kappa shape index (κ1) is 45.4. The van der Waals surface area contributed by atoms with Crippen molar-refractivity contribution in [2.24, 2.45) is 30.9 Å². The van der Waals surface area contributed by atoms with E-state index in [1.165, 1.54) is 11.4 Å². The van der Waals surface area contributed by atoms with Gasteiger partial charge in [-0.25, -0.2) is 15.0 Å². The van der Waals surface area contributed by atoms with Crippen LogP contribution in [0.15, 0.2) is 61.6 Å². The molecule has 8 rings (SSSR count). The highest BCUT2D eigenvalue weighted by atomic mass is 16.5. The molecule has 0 atom stereocenters. The van der Waals surface area contributed by atoms with Gasteiger partial charge in [0.1, 0.15) is 11.7 Å². The fourth-order valence-electron chi connectivity index (χ4n) is 4.85. The maximum absolute atomic E-state index is 8.38. The fourth-order valence-corrected chi connectivity index (χ4v) is 4.85. The van der Waals surface area contributed by atoms with Crippen molar-refractivity contribution < 1.29 is 5.21 Å². The average molecular weight is 797 g/mol. The number of nitrogens with one attached hydrogen (secondary N) is 5. The zero-order valence-electron chi connectivity index (χ0n) is 35.3. The van der Waals surface area contributed by atoms with Gasteiger partial charge in [-0.05, 0) is 95.2 Å². The van der Waals surface area contributed by atoms with E-state index < -0.39 is 0 Å². The molecule has 0 aromatic carbocycles. The van der Waals surface area contributed by atoms with Crippen LogP contribution in [0.3, 0.4) is 0 Å². The predicted octanol–water partition coefficient (Wildman–Crippen LogP) is 5.55. The number of aromatic nitrogens is 12. The predicted molar refractivity (Wildman–Crippen MR) is 229 cm³/mol. The van der Waals surface area contributed by atoms with Crippen LogP contribution < -0.4 is 16.9 Å². The van der Waals surface area contributed by atoms with Crippen molar-refractivity contribution in [2.45, 2.75) is 95.9 Å². The molecule has 6 aromatic rings. The standard InChI is InChI=1S/2C7H9N3.C7H11N3.C6H10N4O.C6H10N4.C4H7N3/c2*1-5-3-7-4-6(2)9-10(7)8-5;1-5(2)8-7-4-6(3)9-10-7;1-4-3-6(9-8-4)7-5(2)10-11;1-4-3-6(10-9-4)8-5(2)7;1-3-2-4(5)7-6-3/h2*3H,4H2,1-2H3;4H,1-3H3,(H,9,10);3,11H,1-2H3,(H2,7,8,9,10);3H,1-2H3,(H3,7,8,9,10);2H,1H3,(H3,5,6,7). The van der Waals surface area contributed by atoms with Crippen molar-refractivity contribution in [1.82, 2.24) is 66.0 Å². The van der Waals surface area contributed by atoms with Gasteiger partial charge in [0.2, 0.25) is 0 Å². The van der Waals surface area contributed by atoms with Gasteiger partial charge in [-0.1, -0.05) is 0 Å². The largest absolute Gasteiger partial charge is 0.387 e. The van der Waals surface area contributed by atoms with Crippen LogP contribution in [0.1, 0.15) is 87.1 Å². The molecule has 10 N–H and O–H groups in total. The Hall–Kier alpha value is -7.03. The number of hydroxylamine groups is 1. The molecule has 0 fully saturated rings. The Labute approximate surface area is 337 Å². The first-order valence-corrected chi connectivity index (χ1v) is 18.2. The van der Waals surface area contributed by atoms with E-state index in [0.29, 0.717) is 29.1 Å². The van der Waals surface area contributed by atoms with E-state index in [4.69, 9.17) is 16.7 Å². The van der Waals surface area contributed by atoms with E-state index in [2.05, 4.69) is 88.3 Å². The third kappa shape index (κ3) is 16.4. The highest BCUT2D eigenvalue weighted by molar-refractivity contribution is 5.86. The maximum Gasteiger partial charge on any atom is 0.175 e. The average Bonchev–Trinajstić information content (AvgIpc) is 4.01. The Kier molecular flexibility index (Phi) is 17.1. The lowest BCUT2D eigenvalue weighted by Gasteiger charge is -1.91. The van der Waals surface area contributed by atoms with Crippen LogP contribution >= 0.6 is 0 Å². The monoisotopic (exact) mass is 796 g/mol. The molecular weight excluding hydrogens is 741 g/mol. The van der Waals surface area contributed by atoms with Gasteiger partial charge in [0.05, 0.1) is 28.6 Å². The number of aryl methyl sites for hydroxylation is 6. The second-order valence-corrected chi connectivity index (χ2v) is 13.7.